The SMILES string of the molecule is NCC(O)Cc1ccc(Cl)c([N+](=O)[O-])c1. The van der Waals surface area contributed by atoms with Gasteiger partial charge in [-0.25, -0.2) is 0 Å². The zero-order valence-electron chi connectivity index (χ0n) is 7.89. The summed E-state index contributed by atoms with van der Waals surface area (Å²) >= 11 is 5.63. The Balaban J connectivity index is 2.92. The number of nitro benzene ring substituents is 1. The average molecular weight is 231 g/mol. The lowest BCUT2D eigenvalue weighted by Crippen LogP contribution is -2.21. The molecular formula is C9H11ClN2O3. The van der Waals surface area contributed by atoms with Crippen LogP contribution in [-0.4, -0.2) is 22.7 Å². The number of hydrogen-bond donors (Lipinski definition) is 2. The maximum Gasteiger partial charge on any atom is 0.288 e. The molecule has 0 aliphatic carbocycles. The highest BCUT2D eigenvalue weighted by atomic mass is 35.5. The van der Waals surface area contributed by atoms with Crippen LogP contribution in [0.1, 0.15) is 5.56 Å². The third-order valence-corrected chi connectivity index (χ3v) is 2.27. The zero-order valence-corrected chi connectivity index (χ0v) is 8.65. The van der Waals surface area contributed by atoms with Crippen molar-refractivity contribution in [3.63, 3.8) is 0 Å². The van der Waals surface area contributed by atoms with Gasteiger partial charge < -0.3 is 10.8 Å². The summed E-state index contributed by atoms with van der Waals surface area (Å²) in [7, 11) is 0. The van der Waals surface area contributed by atoms with E-state index in [1.807, 2.05) is 0 Å². The van der Waals surface area contributed by atoms with Crippen LogP contribution < -0.4 is 5.73 Å². The molecule has 0 aliphatic heterocycles. The van der Waals surface area contributed by atoms with E-state index < -0.39 is 11.0 Å². The lowest BCUT2D eigenvalue weighted by Gasteiger charge is -2.07. The fourth-order valence-corrected chi connectivity index (χ4v) is 1.37. The second-order valence-corrected chi connectivity index (χ2v) is 3.54. The third kappa shape index (κ3) is 3.16. The summed E-state index contributed by atoms with van der Waals surface area (Å²) in [5, 5.41) is 19.9. The van der Waals surface area contributed by atoms with E-state index in [0.29, 0.717) is 5.56 Å². The highest BCUT2D eigenvalue weighted by Crippen LogP contribution is 2.25. The molecule has 15 heavy (non-hydrogen) atoms. The first-order valence-corrected chi connectivity index (χ1v) is 4.73. The van der Waals surface area contributed by atoms with Crippen LogP contribution in [0.15, 0.2) is 18.2 Å². The minimum Gasteiger partial charge on any atom is -0.391 e. The number of nitrogens with zero attached hydrogens (tertiary/aromatic N) is 1. The predicted octanol–water partition coefficient (Wildman–Crippen LogP) is 1.11. The first-order valence-electron chi connectivity index (χ1n) is 4.35. The first kappa shape index (κ1) is 11.9. The van der Waals surface area contributed by atoms with Gasteiger partial charge in [0.1, 0.15) is 5.02 Å². The molecule has 1 unspecified atom stereocenters. The average Bonchev–Trinajstić information content (AvgIpc) is 2.20. The van der Waals surface area contributed by atoms with E-state index in [1.165, 1.54) is 12.1 Å². The molecule has 1 atom stereocenters. The van der Waals surface area contributed by atoms with Crippen LogP contribution in [0.4, 0.5) is 5.69 Å². The summed E-state index contributed by atoms with van der Waals surface area (Å²) in [4.78, 5) is 10.0. The second-order valence-electron chi connectivity index (χ2n) is 3.14. The number of nitrogens with two attached hydrogens (primary N) is 1. The molecular weight excluding hydrogens is 220 g/mol. The molecule has 1 rings (SSSR count). The number of nitro groups is 1. The first-order chi connectivity index (χ1) is 7.04. The fourth-order valence-electron chi connectivity index (χ4n) is 1.18. The van der Waals surface area contributed by atoms with Gasteiger partial charge in [-0.1, -0.05) is 17.7 Å². The van der Waals surface area contributed by atoms with Crippen molar-refractivity contribution in [3.8, 4) is 0 Å². The van der Waals surface area contributed by atoms with Gasteiger partial charge in [-0.3, -0.25) is 10.1 Å². The van der Waals surface area contributed by atoms with Crippen molar-refractivity contribution in [2.45, 2.75) is 12.5 Å². The number of aliphatic hydroxyl groups is 1. The number of rotatable bonds is 4. The van der Waals surface area contributed by atoms with Gasteiger partial charge in [0.25, 0.3) is 5.69 Å². The fraction of sp³-hybridized carbons (Fsp3) is 0.333. The molecule has 82 valence electrons. The quantitative estimate of drug-likeness (QED) is 0.599. The van der Waals surface area contributed by atoms with Gasteiger partial charge in [0.2, 0.25) is 0 Å². The predicted molar refractivity (Wildman–Crippen MR) is 56.9 cm³/mol. The Morgan fingerprint density at radius 2 is 2.27 bits per heavy atom. The maximum atomic E-state index is 10.6. The van der Waals surface area contributed by atoms with Gasteiger partial charge >= 0.3 is 0 Å². The van der Waals surface area contributed by atoms with Crippen LogP contribution in [0.2, 0.25) is 5.02 Å². The number of hydrogen-bond acceptors (Lipinski definition) is 4. The van der Waals surface area contributed by atoms with Crippen molar-refractivity contribution in [1.29, 1.82) is 0 Å². The van der Waals surface area contributed by atoms with Crippen LogP contribution in [0, 0.1) is 10.1 Å². The summed E-state index contributed by atoms with van der Waals surface area (Å²) < 4.78 is 0. The van der Waals surface area contributed by atoms with E-state index in [-0.39, 0.29) is 23.7 Å². The highest BCUT2D eigenvalue weighted by molar-refractivity contribution is 6.32. The summed E-state index contributed by atoms with van der Waals surface area (Å²) in [6.45, 7) is 0.121. The lowest BCUT2D eigenvalue weighted by atomic mass is 10.1. The Morgan fingerprint density at radius 1 is 1.60 bits per heavy atom. The molecule has 6 heteroatoms. The minimum atomic E-state index is -0.689. The molecule has 0 saturated carbocycles. The van der Waals surface area contributed by atoms with E-state index in [1.54, 1.807) is 6.07 Å². The third-order valence-electron chi connectivity index (χ3n) is 1.95. The monoisotopic (exact) mass is 230 g/mol. The largest absolute Gasteiger partial charge is 0.391 e. The van der Waals surface area contributed by atoms with Gasteiger partial charge in [-0.05, 0) is 18.1 Å². The van der Waals surface area contributed by atoms with E-state index in [4.69, 9.17) is 17.3 Å². The van der Waals surface area contributed by atoms with Crippen LogP contribution in [0.25, 0.3) is 0 Å². The van der Waals surface area contributed by atoms with Crippen LogP contribution >= 0.6 is 11.6 Å². The standard InChI is InChI=1S/C9H11ClN2O3/c10-8-2-1-6(3-7(13)5-11)4-9(8)12(14)15/h1-2,4,7,13H,3,5,11H2. The molecule has 0 saturated heterocycles. The van der Waals surface area contributed by atoms with E-state index >= 15 is 0 Å². The summed E-state index contributed by atoms with van der Waals surface area (Å²) in [5.41, 5.74) is 5.73. The number of aliphatic hydroxyl groups excluding tert-OH is 1. The van der Waals surface area contributed by atoms with Gasteiger partial charge in [-0.2, -0.15) is 0 Å². The molecule has 5 nitrogen and oxygen atoms in total. The van der Waals surface area contributed by atoms with Gasteiger partial charge in [-0.15, -0.1) is 0 Å². The maximum absolute atomic E-state index is 10.6. The lowest BCUT2D eigenvalue weighted by molar-refractivity contribution is -0.384. The van der Waals surface area contributed by atoms with Crippen molar-refractivity contribution in [2.24, 2.45) is 5.73 Å². The van der Waals surface area contributed by atoms with Crippen molar-refractivity contribution < 1.29 is 10.0 Å². The van der Waals surface area contributed by atoms with Gasteiger partial charge in [0.05, 0.1) is 11.0 Å². The van der Waals surface area contributed by atoms with Crippen LogP contribution in [0.3, 0.4) is 0 Å². The van der Waals surface area contributed by atoms with Gasteiger partial charge in [0, 0.05) is 12.6 Å². The van der Waals surface area contributed by atoms with Crippen LogP contribution in [-0.2, 0) is 6.42 Å². The second kappa shape index (κ2) is 5.06. The molecule has 1 aromatic carbocycles. The molecule has 0 amide bonds. The molecule has 0 heterocycles. The van der Waals surface area contributed by atoms with Crippen molar-refractivity contribution >= 4 is 17.3 Å². The van der Waals surface area contributed by atoms with Crippen molar-refractivity contribution in [3.05, 3.63) is 38.9 Å². The van der Waals surface area contributed by atoms with E-state index in [0.717, 1.165) is 0 Å². The van der Waals surface area contributed by atoms with Gasteiger partial charge in [0.15, 0.2) is 0 Å². The Morgan fingerprint density at radius 3 is 2.80 bits per heavy atom. The molecule has 0 spiro atoms. The van der Waals surface area contributed by atoms with E-state index in [9.17, 15) is 15.2 Å². The Kier molecular flexibility index (Phi) is 4.02. The Bertz CT molecular complexity index is 370. The topological polar surface area (TPSA) is 89.4 Å². The molecule has 0 aromatic heterocycles. The zero-order chi connectivity index (χ0) is 11.4. The number of benzene rings is 1. The van der Waals surface area contributed by atoms with Crippen molar-refractivity contribution in [2.75, 3.05) is 6.54 Å². The molecule has 0 aliphatic rings. The summed E-state index contributed by atoms with van der Waals surface area (Å²) in [6.07, 6.45) is -0.403. The summed E-state index contributed by atoms with van der Waals surface area (Å²) in [5.74, 6) is 0. The summed E-state index contributed by atoms with van der Waals surface area (Å²) in [6, 6.07) is 4.42. The smallest absolute Gasteiger partial charge is 0.288 e. The Labute approximate surface area is 91.6 Å². The normalized spacial score (nSPS) is 12.5. The van der Waals surface area contributed by atoms with E-state index in [2.05, 4.69) is 0 Å². The molecule has 3 N–H and O–H groups in total. The molecule has 0 fully saturated rings. The highest BCUT2D eigenvalue weighted by Gasteiger charge is 2.13. The van der Waals surface area contributed by atoms with Crippen molar-refractivity contribution in [1.82, 2.24) is 0 Å². The molecule has 0 bridgehead atoms. The Hall–Kier alpha value is -1.17. The van der Waals surface area contributed by atoms with Crippen LogP contribution in [0.5, 0.6) is 0 Å². The minimum absolute atomic E-state index is 0.0889. The molecule has 0 radical (unpaired) electrons. The molecule has 1 aromatic rings. The number of halogens is 1.